The van der Waals surface area contributed by atoms with Crippen molar-refractivity contribution in [1.29, 1.82) is 0 Å². The summed E-state index contributed by atoms with van der Waals surface area (Å²) >= 11 is 0. The summed E-state index contributed by atoms with van der Waals surface area (Å²) in [6, 6.07) is 14.7. The molecule has 0 aliphatic heterocycles. The predicted molar refractivity (Wildman–Crippen MR) is 109 cm³/mol. The van der Waals surface area contributed by atoms with Crippen LogP contribution in [-0.2, 0) is 0 Å². The zero-order valence-electron chi connectivity index (χ0n) is 14.9. The van der Waals surface area contributed by atoms with Crippen LogP contribution in [-0.4, -0.2) is 16.2 Å². The van der Waals surface area contributed by atoms with Gasteiger partial charge in [0.05, 0.1) is 16.9 Å². The molecule has 4 rings (SSSR count). The van der Waals surface area contributed by atoms with Gasteiger partial charge in [-0.15, -0.1) is 0 Å². The van der Waals surface area contributed by atoms with E-state index in [-0.39, 0.29) is 0 Å². The molecule has 0 atom stereocenters. The molecule has 0 radical (unpaired) electrons. The van der Waals surface area contributed by atoms with Gasteiger partial charge in [-0.25, -0.2) is 4.98 Å². The van der Waals surface area contributed by atoms with Crippen molar-refractivity contribution in [3.8, 4) is 0 Å². The highest BCUT2D eigenvalue weighted by Crippen LogP contribution is 2.41. The quantitative estimate of drug-likeness (QED) is 0.445. The highest BCUT2D eigenvalue weighted by Gasteiger charge is 2.24. The molecule has 0 amide bonds. The number of nitrogens with zero attached hydrogens (tertiary/aromatic N) is 3. The van der Waals surface area contributed by atoms with Crippen molar-refractivity contribution in [3.05, 3.63) is 84.3 Å². The molecule has 2 heterocycles. The number of fused-ring (bicyclic) bond motifs is 1. The maximum absolute atomic E-state index is 4.80. The number of hydrogen-bond donors (Lipinski definition) is 0. The predicted octanol–water partition coefficient (Wildman–Crippen LogP) is 5.65. The average molecular weight is 339 g/mol. The molecular formula is C23H21N3. The third kappa shape index (κ3) is 3.21. The number of pyridine rings is 2. The third-order valence-electron chi connectivity index (χ3n) is 4.69. The first-order valence-electron chi connectivity index (χ1n) is 8.97. The van der Waals surface area contributed by atoms with E-state index < -0.39 is 0 Å². The van der Waals surface area contributed by atoms with E-state index in [1.807, 2.05) is 43.6 Å². The number of aliphatic imine (C=N–C) groups is 1. The summed E-state index contributed by atoms with van der Waals surface area (Å²) in [6.07, 6.45) is 9.84. The molecule has 0 unspecified atom stereocenters. The van der Waals surface area contributed by atoms with Crippen LogP contribution in [0.15, 0.2) is 72.5 Å². The summed E-state index contributed by atoms with van der Waals surface area (Å²) in [4.78, 5) is 13.6. The van der Waals surface area contributed by atoms with Gasteiger partial charge in [-0.2, -0.15) is 0 Å². The third-order valence-corrected chi connectivity index (χ3v) is 4.69. The molecule has 1 aliphatic rings. The standard InChI is InChI=1S/C23H21N3/c1-3-20(22-11-10-19-15-24-13-12-21(19)26-22)23(25-4-2)18-7-5-6-17(14-18)16-8-9-16/h3-7,10-16H,1,8-9H2,2H3/b23-20+,25-4-. The van der Waals surface area contributed by atoms with Crippen LogP contribution in [0.25, 0.3) is 22.2 Å². The van der Waals surface area contributed by atoms with E-state index in [1.54, 1.807) is 6.20 Å². The zero-order valence-corrected chi connectivity index (χ0v) is 14.9. The Kier molecular flexibility index (Phi) is 4.44. The molecule has 3 heteroatoms. The van der Waals surface area contributed by atoms with Gasteiger partial charge in [0.15, 0.2) is 0 Å². The first-order chi connectivity index (χ1) is 12.8. The second-order valence-corrected chi connectivity index (χ2v) is 6.52. The van der Waals surface area contributed by atoms with Crippen LogP contribution in [0.3, 0.4) is 0 Å². The fraction of sp³-hybridized carbons (Fsp3) is 0.174. The molecule has 26 heavy (non-hydrogen) atoms. The minimum Gasteiger partial charge on any atom is -0.264 e. The lowest BCUT2D eigenvalue weighted by Crippen LogP contribution is -1.94. The fourth-order valence-electron chi connectivity index (χ4n) is 3.22. The summed E-state index contributed by atoms with van der Waals surface area (Å²) in [5.74, 6) is 0.709. The molecule has 0 bridgehead atoms. The second-order valence-electron chi connectivity index (χ2n) is 6.52. The van der Waals surface area contributed by atoms with Crippen molar-refractivity contribution < 1.29 is 0 Å². The first kappa shape index (κ1) is 16.4. The van der Waals surface area contributed by atoms with Crippen molar-refractivity contribution in [2.24, 2.45) is 4.99 Å². The molecule has 1 saturated carbocycles. The Morgan fingerprint density at radius 1 is 1.19 bits per heavy atom. The highest BCUT2D eigenvalue weighted by molar-refractivity contribution is 5.97. The van der Waals surface area contributed by atoms with Gasteiger partial charge in [0.2, 0.25) is 0 Å². The molecule has 0 N–H and O–H groups in total. The van der Waals surface area contributed by atoms with E-state index in [0.717, 1.165) is 33.4 Å². The molecular weight excluding hydrogens is 318 g/mol. The zero-order chi connectivity index (χ0) is 17.9. The Labute approximate surface area is 153 Å². The van der Waals surface area contributed by atoms with Gasteiger partial charge in [0.25, 0.3) is 0 Å². The molecule has 0 spiro atoms. The number of aromatic nitrogens is 2. The summed E-state index contributed by atoms with van der Waals surface area (Å²) in [5.41, 5.74) is 6.14. The van der Waals surface area contributed by atoms with Crippen LogP contribution >= 0.6 is 0 Å². The first-order valence-corrected chi connectivity index (χ1v) is 8.97. The number of benzene rings is 1. The van der Waals surface area contributed by atoms with Crippen molar-refractivity contribution >= 4 is 28.4 Å². The SMILES string of the molecule is C=C/C(=C(\N=C/C)c1cccc(C2CC2)c1)c1ccc2cnccc2n1. The van der Waals surface area contributed by atoms with Gasteiger partial charge in [-0.3, -0.25) is 9.98 Å². The Hall–Kier alpha value is -3.07. The Morgan fingerprint density at radius 2 is 2.08 bits per heavy atom. The number of allylic oxidation sites excluding steroid dienone is 2. The maximum atomic E-state index is 4.80. The normalized spacial score (nSPS) is 15.3. The molecule has 3 nitrogen and oxygen atoms in total. The molecule has 1 aliphatic carbocycles. The summed E-state index contributed by atoms with van der Waals surface area (Å²) in [7, 11) is 0. The molecule has 1 fully saturated rings. The van der Waals surface area contributed by atoms with Crippen molar-refractivity contribution in [2.75, 3.05) is 0 Å². The highest BCUT2D eigenvalue weighted by atomic mass is 14.8. The van der Waals surface area contributed by atoms with E-state index in [0.29, 0.717) is 5.92 Å². The maximum Gasteiger partial charge on any atom is 0.0791 e. The number of hydrogen-bond acceptors (Lipinski definition) is 3. The molecule has 3 aromatic rings. The smallest absolute Gasteiger partial charge is 0.0791 e. The van der Waals surface area contributed by atoms with Crippen LogP contribution in [0, 0.1) is 0 Å². The van der Waals surface area contributed by atoms with Crippen molar-refractivity contribution in [1.82, 2.24) is 9.97 Å². The van der Waals surface area contributed by atoms with Crippen LogP contribution in [0.1, 0.15) is 42.5 Å². The van der Waals surface area contributed by atoms with Crippen LogP contribution in [0.5, 0.6) is 0 Å². The summed E-state index contributed by atoms with van der Waals surface area (Å²) in [5, 5.41) is 1.02. The summed E-state index contributed by atoms with van der Waals surface area (Å²) in [6.45, 7) is 5.97. The van der Waals surface area contributed by atoms with Gasteiger partial charge in [0, 0.05) is 35.1 Å². The summed E-state index contributed by atoms with van der Waals surface area (Å²) < 4.78 is 0. The van der Waals surface area contributed by atoms with Crippen LogP contribution < -0.4 is 0 Å². The van der Waals surface area contributed by atoms with Gasteiger partial charge >= 0.3 is 0 Å². The minimum atomic E-state index is 0.709. The Morgan fingerprint density at radius 3 is 2.85 bits per heavy atom. The number of rotatable bonds is 5. The van der Waals surface area contributed by atoms with Gasteiger partial charge in [-0.05, 0) is 55.5 Å². The van der Waals surface area contributed by atoms with E-state index in [1.165, 1.54) is 18.4 Å². The molecule has 128 valence electrons. The van der Waals surface area contributed by atoms with E-state index in [4.69, 9.17) is 4.98 Å². The lowest BCUT2D eigenvalue weighted by Gasteiger charge is -2.11. The van der Waals surface area contributed by atoms with E-state index in [2.05, 4.69) is 40.8 Å². The van der Waals surface area contributed by atoms with E-state index in [9.17, 15) is 0 Å². The van der Waals surface area contributed by atoms with Crippen molar-refractivity contribution in [2.45, 2.75) is 25.7 Å². The van der Waals surface area contributed by atoms with E-state index >= 15 is 0 Å². The van der Waals surface area contributed by atoms with Crippen LogP contribution in [0.2, 0.25) is 0 Å². The van der Waals surface area contributed by atoms with Gasteiger partial charge in [0.1, 0.15) is 0 Å². The fourth-order valence-corrected chi connectivity index (χ4v) is 3.22. The lowest BCUT2D eigenvalue weighted by atomic mass is 10.00. The topological polar surface area (TPSA) is 38.1 Å². The monoisotopic (exact) mass is 339 g/mol. The Balaban J connectivity index is 1.88. The molecule has 1 aromatic carbocycles. The largest absolute Gasteiger partial charge is 0.264 e. The Bertz CT molecular complexity index is 1030. The van der Waals surface area contributed by atoms with Crippen molar-refractivity contribution in [3.63, 3.8) is 0 Å². The van der Waals surface area contributed by atoms with Crippen LogP contribution in [0.4, 0.5) is 0 Å². The molecule has 2 aromatic heterocycles. The van der Waals surface area contributed by atoms with Gasteiger partial charge in [-0.1, -0.05) is 30.9 Å². The second kappa shape index (κ2) is 7.04. The molecule has 0 saturated heterocycles. The minimum absolute atomic E-state index is 0.709. The average Bonchev–Trinajstić information content (AvgIpc) is 3.53. The lowest BCUT2D eigenvalue weighted by molar-refractivity contribution is 1.13. The van der Waals surface area contributed by atoms with Gasteiger partial charge < -0.3 is 0 Å².